The van der Waals surface area contributed by atoms with Crippen LogP contribution in [0.1, 0.15) is 134 Å². The minimum Gasteiger partial charge on any atom is -0.356 e. The number of H-pyrrole nitrogens is 4. The Morgan fingerprint density at radius 2 is 0.914 bits per heavy atom. The molecule has 1 saturated heterocycles. The van der Waals surface area contributed by atoms with E-state index in [1.807, 2.05) is 86.6 Å². The number of pyridine rings is 4. The minimum atomic E-state index is -3.00. The fourth-order valence-electron chi connectivity index (χ4n) is 12.6. The minimum absolute atomic E-state index is 0.238. The molecule has 16 aromatic rings. The summed E-state index contributed by atoms with van der Waals surface area (Å²) in [5.41, 5.74) is 12.6. The molecule has 4 aromatic carbocycles. The summed E-state index contributed by atoms with van der Waals surface area (Å²) in [5.74, 6) is -3.02. The molecule has 1 atom stereocenters. The van der Waals surface area contributed by atoms with Gasteiger partial charge in [-0.15, -0.1) is 0 Å². The summed E-state index contributed by atoms with van der Waals surface area (Å²) in [5, 5.41) is 61.0. The number of hydrogen-bond acceptors (Lipinski definition) is 21. The lowest BCUT2D eigenvalue weighted by molar-refractivity contribution is -0.0215. The number of nitrogens with one attached hydrogen (secondary N) is 8. The van der Waals surface area contributed by atoms with Crippen molar-refractivity contribution in [2.75, 3.05) is 40.9 Å². The predicted octanol–water partition coefficient (Wildman–Crippen LogP) is 19.5. The number of likely N-dealkylation sites (tertiary alicyclic amines) is 1. The Morgan fingerprint density at radius 3 is 1.42 bits per heavy atom. The Labute approximate surface area is 598 Å². The molecule has 105 heavy (non-hydrogen) atoms. The maximum Gasteiger partial charge on any atom is 0.293 e. The average molecular weight is 1430 g/mol. The van der Waals surface area contributed by atoms with E-state index < -0.39 is 11.8 Å². The highest BCUT2D eigenvalue weighted by Crippen LogP contribution is 2.41. The lowest BCUT2D eigenvalue weighted by Gasteiger charge is -2.20. The fraction of sp³-hybridized carbons (Fsp3) is 0.316. The van der Waals surface area contributed by atoms with E-state index in [1.165, 1.54) is 25.9 Å². The molecule has 0 amide bonds. The summed E-state index contributed by atoms with van der Waals surface area (Å²) in [6.07, 6.45) is 14.4. The van der Waals surface area contributed by atoms with Crippen LogP contribution in [0.4, 0.5) is 63.6 Å². The predicted molar refractivity (Wildman–Crippen MR) is 398 cm³/mol. The van der Waals surface area contributed by atoms with Crippen LogP contribution in [0, 0.1) is 5.41 Å². The lowest BCUT2D eigenvalue weighted by atomic mass is 9.86. The second kappa shape index (κ2) is 30.6. The SMILES string of the molecule is CC(CCC(C)(C)C)c1noc2cc(Nc3n[nH]c4cccnc34)ccc12.CCCCC(F)(F)c1noc2cc(Nc3[nH]nc4ncccc34)ccc12.CCCCC(F)(F)c1noc2cc(Nc3n[nH]c4cccnc34)ccc12.c1cnc2c(Nc3ccc4c(CCN5CCCC5)noc4c3)n[nH]c2c1. The summed E-state index contributed by atoms with van der Waals surface area (Å²) in [7, 11) is 0. The molecule has 17 rings (SSSR count). The van der Waals surface area contributed by atoms with Crippen molar-refractivity contribution in [2.24, 2.45) is 5.41 Å². The quantitative estimate of drug-likeness (QED) is 0.0292. The number of aromatic amines is 4. The number of unbranched alkanes of at least 4 members (excludes halogenated alkanes) is 2. The first kappa shape index (κ1) is 70.2. The Balaban J connectivity index is 0.000000118. The Bertz CT molecular complexity index is 5430. The van der Waals surface area contributed by atoms with E-state index in [-0.39, 0.29) is 24.2 Å². The third-order valence-corrected chi connectivity index (χ3v) is 18.4. The van der Waals surface area contributed by atoms with Gasteiger partial charge in [-0.05, 0) is 154 Å². The standard InChI is InChI=1S/C21H25N5O.C19H20N6O.2C18H17F2N5O/c1-13(9-10-21(2,3)4)18-15-8-7-14(12-17(15)27-26-18)23-20-19-16(24-25-20)6-5-11-22-19;1-2-10-25(9-1)11-7-15-14-6-5-13(12-17(14)26-24-15)21-19-18-16(22-23-19)4-3-8-20-18;1-2-3-8-18(19,20)16-12-7-6-11(10-14(12)26-25-16)22-17-15-13(23-24-17)5-4-9-21-15;1-2-3-8-18(19,20)15-12-7-6-11(10-14(12)26-25-15)22-17-13-5-4-9-21-16(13)23-24-17/h5-8,11-13H,9-10H2,1-4H3,(H2,23,24,25);3-6,8,12H,1-2,7,9-11H2,(H2,21,22,23);4-7,9-10H,2-3,8H2,1H3,(H2,22,23,24);4-7,9-10H,2-3,8H2,1H3,(H2,21,22,23,24). The number of hydrogen-bond donors (Lipinski definition) is 8. The van der Waals surface area contributed by atoms with Crippen molar-refractivity contribution in [3.8, 4) is 0 Å². The zero-order valence-electron chi connectivity index (χ0n) is 58.8. The van der Waals surface area contributed by atoms with Crippen LogP contribution < -0.4 is 21.3 Å². The summed E-state index contributed by atoms with van der Waals surface area (Å²) in [4.78, 5) is 19.7. The number of rotatable bonds is 22. The van der Waals surface area contributed by atoms with Gasteiger partial charge in [0, 0.05) is 114 Å². The molecule has 8 N–H and O–H groups in total. The van der Waals surface area contributed by atoms with Gasteiger partial charge in [0.05, 0.1) is 44.1 Å². The molecule has 0 bridgehead atoms. The molecule has 0 spiro atoms. The van der Waals surface area contributed by atoms with Gasteiger partial charge in [-0.3, -0.25) is 35.3 Å². The van der Waals surface area contributed by atoms with E-state index in [0.717, 1.165) is 103 Å². The number of alkyl halides is 4. The topological polar surface area (TPSA) is 322 Å². The molecule has 25 nitrogen and oxygen atoms in total. The van der Waals surface area contributed by atoms with Crippen molar-refractivity contribution in [3.05, 3.63) is 169 Å². The van der Waals surface area contributed by atoms with Gasteiger partial charge in [-0.2, -0.15) is 38.0 Å². The zero-order valence-corrected chi connectivity index (χ0v) is 58.8. The van der Waals surface area contributed by atoms with Crippen LogP contribution in [0.25, 0.3) is 88.0 Å². The number of nitrogens with zero attached hydrogens (tertiary/aromatic N) is 13. The van der Waals surface area contributed by atoms with Crippen LogP contribution in [0.15, 0.2) is 164 Å². The van der Waals surface area contributed by atoms with E-state index in [9.17, 15) is 17.6 Å². The lowest BCUT2D eigenvalue weighted by Crippen LogP contribution is -2.22. The number of aromatic nitrogens is 16. The van der Waals surface area contributed by atoms with Gasteiger partial charge in [0.1, 0.15) is 22.4 Å². The van der Waals surface area contributed by atoms with Crippen molar-refractivity contribution < 1.29 is 35.7 Å². The first-order chi connectivity index (χ1) is 50.9. The van der Waals surface area contributed by atoms with E-state index in [4.69, 9.17) is 18.1 Å². The van der Waals surface area contributed by atoms with Gasteiger partial charge in [0.15, 0.2) is 56.8 Å². The fourth-order valence-corrected chi connectivity index (χ4v) is 12.6. The van der Waals surface area contributed by atoms with Gasteiger partial charge in [0.25, 0.3) is 11.8 Å². The van der Waals surface area contributed by atoms with E-state index in [2.05, 4.69) is 147 Å². The highest BCUT2D eigenvalue weighted by Gasteiger charge is 2.38. The average Bonchev–Trinajstić information content (AvgIpc) is 1.68. The largest absolute Gasteiger partial charge is 0.356 e. The van der Waals surface area contributed by atoms with Crippen LogP contribution in [-0.4, -0.2) is 106 Å². The van der Waals surface area contributed by atoms with Gasteiger partial charge >= 0.3 is 0 Å². The molecule has 1 unspecified atom stereocenters. The Morgan fingerprint density at radius 1 is 0.476 bits per heavy atom. The van der Waals surface area contributed by atoms with Crippen molar-refractivity contribution >= 4 is 134 Å². The highest BCUT2D eigenvalue weighted by molar-refractivity contribution is 5.94. The summed E-state index contributed by atoms with van der Waals surface area (Å²) in [6, 6.07) is 37.0. The smallest absolute Gasteiger partial charge is 0.293 e. The van der Waals surface area contributed by atoms with Gasteiger partial charge in [-0.1, -0.05) is 75.0 Å². The molecule has 1 aliphatic rings. The number of benzene rings is 4. The number of fused-ring (bicyclic) bond motifs is 8. The third-order valence-electron chi connectivity index (χ3n) is 18.4. The normalized spacial score (nSPS) is 13.2. The molecule has 1 fully saturated rings. The van der Waals surface area contributed by atoms with E-state index >= 15 is 0 Å². The monoisotopic (exact) mass is 1430 g/mol. The van der Waals surface area contributed by atoms with E-state index in [0.29, 0.717) is 105 Å². The zero-order chi connectivity index (χ0) is 72.7. The second-order valence-corrected chi connectivity index (χ2v) is 27.4. The van der Waals surface area contributed by atoms with Gasteiger partial charge in [0.2, 0.25) is 0 Å². The molecule has 1 aliphatic heterocycles. The number of anilines is 8. The van der Waals surface area contributed by atoms with Crippen molar-refractivity contribution in [3.63, 3.8) is 0 Å². The molecule has 13 heterocycles. The van der Waals surface area contributed by atoms with Crippen LogP contribution >= 0.6 is 0 Å². The van der Waals surface area contributed by atoms with Gasteiger partial charge < -0.3 is 44.3 Å². The maximum atomic E-state index is 14.3. The number of halogens is 4. The molecular weight excluding hydrogens is 1350 g/mol. The van der Waals surface area contributed by atoms with Crippen LogP contribution in [0.3, 0.4) is 0 Å². The highest BCUT2D eigenvalue weighted by atomic mass is 19.3. The Kier molecular flexibility index (Phi) is 20.4. The summed E-state index contributed by atoms with van der Waals surface area (Å²) in [6.45, 7) is 16.2. The Hall–Kier alpha value is -11.9. The molecule has 12 aromatic heterocycles. The third kappa shape index (κ3) is 16.0. The summed E-state index contributed by atoms with van der Waals surface area (Å²) >= 11 is 0. The van der Waals surface area contributed by atoms with Crippen LogP contribution in [0.2, 0.25) is 0 Å². The van der Waals surface area contributed by atoms with Gasteiger partial charge in [-0.25, -0.2) is 4.98 Å². The first-order valence-corrected chi connectivity index (χ1v) is 35.2. The van der Waals surface area contributed by atoms with Crippen LogP contribution in [-0.2, 0) is 18.3 Å². The molecule has 0 aliphatic carbocycles. The van der Waals surface area contributed by atoms with Crippen molar-refractivity contribution in [2.45, 2.75) is 130 Å². The molecule has 0 radical (unpaired) electrons. The molecule has 0 saturated carbocycles. The molecule has 540 valence electrons. The molecule has 29 heteroatoms. The van der Waals surface area contributed by atoms with Crippen LogP contribution in [0.5, 0.6) is 0 Å². The second-order valence-electron chi connectivity index (χ2n) is 27.4. The molecular formula is C76H79F4N21O4. The van der Waals surface area contributed by atoms with Crippen molar-refractivity contribution in [1.82, 2.24) is 86.3 Å². The van der Waals surface area contributed by atoms with E-state index in [1.54, 1.807) is 61.2 Å². The maximum absolute atomic E-state index is 14.3. The van der Waals surface area contributed by atoms with Crippen molar-refractivity contribution in [1.29, 1.82) is 0 Å². The first-order valence-electron chi connectivity index (χ1n) is 35.2. The summed E-state index contributed by atoms with van der Waals surface area (Å²) < 4.78 is 78.8.